The van der Waals surface area contributed by atoms with Crippen LogP contribution in [0.15, 0.2) is 6.07 Å². The van der Waals surface area contributed by atoms with Crippen molar-refractivity contribution in [3.63, 3.8) is 0 Å². The van der Waals surface area contributed by atoms with E-state index in [9.17, 15) is 13.2 Å². The molecule has 0 unspecified atom stereocenters. The Morgan fingerprint density at radius 3 is 2.58 bits per heavy atom. The second-order valence-corrected chi connectivity index (χ2v) is 4.70. The van der Waals surface area contributed by atoms with Crippen molar-refractivity contribution in [1.29, 1.82) is 0 Å². The maximum absolute atomic E-state index is 12.8. The third-order valence-electron chi connectivity index (χ3n) is 2.99. The Balaban J connectivity index is 2.30. The van der Waals surface area contributed by atoms with Gasteiger partial charge in [0.15, 0.2) is 5.69 Å². The molecule has 0 aromatic carbocycles. The molecule has 1 N–H and O–H groups in total. The molecule has 0 bridgehead atoms. The van der Waals surface area contributed by atoms with E-state index in [4.69, 9.17) is 0 Å². The van der Waals surface area contributed by atoms with Gasteiger partial charge in [-0.25, -0.2) is 4.98 Å². The third-order valence-corrected chi connectivity index (χ3v) is 2.99. The van der Waals surface area contributed by atoms with Crippen molar-refractivity contribution in [3.8, 4) is 0 Å². The van der Waals surface area contributed by atoms with Gasteiger partial charge in [-0.1, -0.05) is 6.92 Å². The SMILES string of the molecule is CCCNc1nc(N(C)C2CC2)cc(C(F)(F)F)n1. The number of hydrogen-bond acceptors (Lipinski definition) is 4. The minimum Gasteiger partial charge on any atom is -0.357 e. The molecule has 1 aromatic heterocycles. The molecule has 1 aromatic rings. The highest BCUT2D eigenvalue weighted by atomic mass is 19.4. The Hall–Kier alpha value is -1.53. The second kappa shape index (κ2) is 5.22. The molecular formula is C12H17F3N4. The standard InChI is InChI=1S/C12H17F3N4/c1-3-6-16-11-17-9(12(13,14)15)7-10(18-11)19(2)8-4-5-8/h7-8H,3-6H2,1-2H3,(H,16,17,18). The number of alkyl halides is 3. The van der Waals surface area contributed by atoms with Crippen LogP contribution < -0.4 is 10.2 Å². The molecule has 106 valence electrons. The van der Waals surface area contributed by atoms with Crippen molar-refractivity contribution >= 4 is 11.8 Å². The van der Waals surface area contributed by atoms with E-state index < -0.39 is 11.9 Å². The summed E-state index contributed by atoms with van der Waals surface area (Å²) < 4.78 is 38.4. The van der Waals surface area contributed by atoms with Crippen molar-refractivity contribution in [2.45, 2.75) is 38.4 Å². The van der Waals surface area contributed by atoms with Gasteiger partial charge in [0.05, 0.1) is 0 Å². The van der Waals surface area contributed by atoms with E-state index in [0.717, 1.165) is 25.3 Å². The first kappa shape index (κ1) is 13.9. The van der Waals surface area contributed by atoms with E-state index in [1.807, 2.05) is 6.92 Å². The van der Waals surface area contributed by atoms with Crippen molar-refractivity contribution in [1.82, 2.24) is 9.97 Å². The van der Waals surface area contributed by atoms with Crippen LogP contribution in [0.3, 0.4) is 0 Å². The summed E-state index contributed by atoms with van der Waals surface area (Å²) in [5.41, 5.74) is -0.899. The zero-order chi connectivity index (χ0) is 14.0. The summed E-state index contributed by atoms with van der Waals surface area (Å²) >= 11 is 0. The fourth-order valence-electron chi connectivity index (χ4n) is 1.73. The van der Waals surface area contributed by atoms with E-state index in [0.29, 0.717) is 18.4 Å². The van der Waals surface area contributed by atoms with E-state index in [2.05, 4.69) is 15.3 Å². The average Bonchev–Trinajstić information content (AvgIpc) is 3.18. The van der Waals surface area contributed by atoms with E-state index in [-0.39, 0.29) is 5.95 Å². The first-order chi connectivity index (χ1) is 8.91. The Bertz CT molecular complexity index is 443. The lowest BCUT2D eigenvalue weighted by atomic mass is 10.3. The van der Waals surface area contributed by atoms with Crippen molar-refractivity contribution < 1.29 is 13.2 Å². The average molecular weight is 274 g/mol. The number of hydrogen-bond donors (Lipinski definition) is 1. The Labute approximate surface area is 110 Å². The molecule has 1 saturated carbocycles. The van der Waals surface area contributed by atoms with Gasteiger partial charge in [-0.15, -0.1) is 0 Å². The normalized spacial score (nSPS) is 15.4. The molecule has 0 amide bonds. The molecule has 0 spiro atoms. The maximum atomic E-state index is 12.8. The van der Waals surface area contributed by atoms with Crippen LogP contribution in [0.25, 0.3) is 0 Å². The van der Waals surface area contributed by atoms with E-state index in [1.165, 1.54) is 0 Å². The molecule has 0 saturated heterocycles. The molecule has 1 heterocycles. The summed E-state index contributed by atoms with van der Waals surface area (Å²) in [7, 11) is 1.77. The first-order valence-corrected chi connectivity index (χ1v) is 6.34. The van der Waals surface area contributed by atoms with Gasteiger partial charge in [-0.3, -0.25) is 0 Å². The largest absolute Gasteiger partial charge is 0.433 e. The molecule has 1 fully saturated rings. The first-order valence-electron chi connectivity index (χ1n) is 6.34. The molecule has 1 aliphatic carbocycles. The van der Waals surface area contributed by atoms with Crippen LogP contribution in [0, 0.1) is 0 Å². The lowest BCUT2D eigenvalue weighted by Crippen LogP contribution is -2.23. The lowest BCUT2D eigenvalue weighted by molar-refractivity contribution is -0.141. The minimum atomic E-state index is -4.45. The summed E-state index contributed by atoms with van der Waals surface area (Å²) in [6.07, 6.45) is -1.66. The highest BCUT2D eigenvalue weighted by Crippen LogP contribution is 2.33. The van der Waals surface area contributed by atoms with Gasteiger partial charge in [-0.05, 0) is 19.3 Å². The quantitative estimate of drug-likeness (QED) is 0.896. The monoisotopic (exact) mass is 274 g/mol. The van der Waals surface area contributed by atoms with Crippen LogP contribution in [0.1, 0.15) is 31.9 Å². The van der Waals surface area contributed by atoms with Crippen LogP contribution in [-0.4, -0.2) is 29.6 Å². The summed E-state index contributed by atoms with van der Waals surface area (Å²) in [5.74, 6) is 0.364. The molecule has 0 aliphatic heterocycles. The Kier molecular flexibility index (Phi) is 3.82. The lowest BCUT2D eigenvalue weighted by Gasteiger charge is -2.19. The van der Waals surface area contributed by atoms with Crippen LogP contribution >= 0.6 is 0 Å². The van der Waals surface area contributed by atoms with Gasteiger partial charge in [-0.2, -0.15) is 18.2 Å². The number of nitrogens with zero attached hydrogens (tertiary/aromatic N) is 3. The fraction of sp³-hybridized carbons (Fsp3) is 0.667. The van der Waals surface area contributed by atoms with Gasteiger partial charge in [0.1, 0.15) is 5.82 Å². The fourth-order valence-corrected chi connectivity index (χ4v) is 1.73. The number of anilines is 2. The molecule has 4 nitrogen and oxygen atoms in total. The third kappa shape index (κ3) is 3.48. The van der Waals surface area contributed by atoms with E-state index >= 15 is 0 Å². The molecule has 0 radical (unpaired) electrons. The highest BCUT2D eigenvalue weighted by molar-refractivity contribution is 5.46. The van der Waals surface area contributed by atoms with Crippen LogP contribution in [0.5, 0.6) is 0 Å². The van der Waals surface area contributed by atoms with Gasteiger partial charge in [0, 0.05) is 25.7 Å². The number of nitrogens with one attached hydrogen (secondary N) is 1. The van der Waals surface area contributed by atoms with Gasteiger partial charge in [0.25, 0.3) is 0 Å². The molecule has 0 atom stereocenters. The predicted molar refractivity (Wildman–Crippen MR) is 67.2 cm³/mol. The Morgan fingerprint density at radius 2 is 2.05 bits per heavy atom. The van der Waals surface area contributed by atoms with Gasteiger partial charge >= 0.3 is 6.18 Å². The molecule has 2 rings (SSSR count). The number of rotatable bonds is 5. The topological polar surface area (TPSA) is 41.1 Å². The summed E-state index contributed by atoms with van der Waals surface area (Å²) in [6, 6.07) is 1.31. The van der Waals surface area contributed by atoms with Crippen molar-refractivity contribution in [2.75, 3.05) is 23.8 Å². The number of halogens is 3. The Morgan fingerprint density at radius 1 is 1.37 bits per heavy atom. The summed E-state index contributed by atoms with van der Waals surface area (Å²) in [5, 5.41) is 2.81. The number of aromatic nitrogens is 2. The van der Waals surface area contributed by atoms with E-state index in [1.54, 1.807) is 11.9 Å². The van der Waals surface area contributed by atoms with Crippen LogP contribution in [-0.2, 0) is 6.18 Å². The molecule has 1 aliphatic rings. The maximum Gasteiger partial charge on any atom is 0.433 e. The summed E-state index contributed by atoms with van der Waals surface area (Å²) in [4.78, 5) is 9.47. The second-order valence-electron chi connectivity index (χ2n) is 4.70. The summed E-state index contributed by atoms with van der Waals surface area (Å²) in [6.45, 7) is 2.48. The highest BCUT2D eigenvalue weighted by Gasteiger charge is 2.35. The molecule has 7 heteroatoms. The molecular weight excluding hydrogens is 257 g/mol. The molecule has 19 heavy (non-hydrogen) atoms. The predicted octanol–water partition coefficient (Wildman–Crippen LogP) is 2.92. The zero-order valence-corrected chi connectivity index (χ0v) is 11.0. The smallest absolute Gasteiger partial charge is 0.357 e. The van der Waals surface area contributed by atoms with Gasteiger partial charge < -0.3 is 10.2 Å². The van der Waals surface area contributed by atoms with Crippen molar-refractivity contribution in [2.24, 2.45) is 0 Å². The van der Waals surface area contributed by atoms with Crippen LogP contribution in [0.2, 0.25) is 0 Å². The zero-order valence-electron chi connectivity index (χ0n) is 11.0. The van der Waals surface area contributed by atoms with Gasteiger partial charge in [0.2, 0.25) is 5.95 Å². The van der Waals surface area contributed by atoms with Crippen LogP contribution in [0.4, 0.5) is 24.9 Å². The minimum absolute atomic E-state index is 0.0409. The van der Waals surface area contributed by atoms with Crippen molar-refractivity contribution in [3.05, 3.63) is 11.8 Å².